The van der Waals surface area contributed by atoms with Crippen LogP contribution in [0.1, 0.15) is 40.2 Å². The molecule has 0 radical (unpaired) electrons. The molecule has 20 heteroatoms. The van der Waals surface area contributed by atoms with E-state index in [4.69, 9.17) is 11.6 Å². The Bertz CT molecular complexity index is 1920. The van der Waals surface area contributed by atoms with Gasteiger partial charge in [0.1, 0.15) is 17.1 Å². The van der Waals surface area contributed by atoms with Gasteiger partial charge in [-0.05, 0) is 52.3 Å². The van der Waals surface area contributed by atoms with Crippen LogP contribution in [-0.4, -0.2) is 50.0 Å². The minimum absolute atomic E-state index is 0.0892. The second kappa shape index (κ2) is 12.3. The predicted octanol–water partition coefficient (Wildman–Crippen LogP) is 6.46. The molecule has 1 amide bonds. The molecule has 11 nitrogen and oxygen atoms in total. The molecule has 0 spiro atoms. The van der Waals surface area contributed by atoms with Crippen LogP contribution in [0, 0.1) is 0 Å². The van der Waals surface area contributed by atoms with E-state index in [0.717, 1.165) is 0 Å². The third-order valence-electron chi connectivity index (χ3n) is 6.97. The fourth-order valence-electron chi connectivity index (χ4n) is 4.77. The number of benzene rings is 3. The Balaban J connectivity index is 1.64. The number of halogens is 7. The van der Waals surface area contributed by atoms with Gasteiger partial charge in [-0.15, -0.1) is 10.8 Å². The number of para-hydroxylation sites is 2. The lowest BCUT2D eigenvalue weighted by Crippen LogP contribution is -2.42. The maximum atomic E-state index is 13.9. The Morgan fingerprint density at radius 1 is 1.06 bits per heavy atom. The van der Waals surface area contributed by atoms with Gasteiger partial charge in [0.2, 0.25) is 5.91 Å². The number of aromatic amines is 1. The van der Waals surface area contributed by atoms with Gasteiger partial charge in [0, 0.05) is 0 Å². The number of sulfonamides is 1. The third-order valence-corrected chi connectivity index (χ3v) is 10.7. The number of H-pyrrole nitrogens is 1. The lowest BCUT2D eigenvalue weighted by atomic mass is 10.0. The van der Waals surface area contributed by atoms with Crippen molar-refractivity contribution in [3.05, 3.63) is 94.3 Å². The van der Waals surface area contributed by atoms with Crippen molar-refractivity contribution < 1.29 is 58.3 Å². The highest BCUT2D eigenvalue weighted by molar-refractivity contribution is 8.23. The fourth-order valence-corrected chi connectivity index (χ4v) is 7.86. The normalized spacial score (nSPS) is 18.3. The number of rotatable bonds is 8. The summed E-state index contributed by atoms with van der Waals surface area (Å²) in [6, 6.07) is 10.8. The van der Waals surface area contributed by atoms with E-state index in [1.54, 1.807) is 12.1 Å². The van der Waals surface area contributed by atoms with Crippen LogP contribution >= 0.6 is 22.4 Å². The maximum Gasteiger partial charge on any atom is 0.492 e. The average molecular weight is 727 g/mol. The standard InChI is InChI=1S/C27H21ClF6N4O7S2/c28-18-10-9-16(12-17(18)26(29,30)31)47(43,44)38(45-25(40)27(32,33)34)21(24-35-19-3-1-2-4-20(19)36-24)11-14-5-7-15(8-6-14)22-13-23(39)37-46(22,41)42/h1-10,12,21-22,41-42H,11,13H2,(H,35,36)(H,37,39)/t21-,22?/m0/s1. The van der Waals surface area contributed by atoms with Crippen LogP contribution in [0.25, 0.3) is 11.0 Å². The van der Waals surface area contributed by atoms with E-state index in [-0.39, 0.29) is 44.9 Å². The molecule has 1 unspecified atom stereocenters. The zero-order valence-electron chi connectivity index (χ0n) is 23.2. The van der Waals surface area contributed by atoms with Crippen molar-refractivity contribution in [3.8, 4) is 0 Å². The zero-order valence-corrected chi connectivity index (χ0v) is 25.6. The van der Waals surface area contributed by atoms with Crippen molar-refractivity contribution in [3.63, 3.8) is 0 Å². The molecular formula is C27H21ClF6N4O7S2. The van der Waals surface area contributed by atoms with E-state index in [2.05, 4.69) is 19.5 Å². The highest BCUT2D eigenvalue weighted by Gasteiger charge is 2.48. The molecule has 0 bridgehead atoms. The van der Waals surface area contributed by atoms with Gasteiger partial charge in [-0.25, -0.2) is 18.2 Å². The number of nitrogens with one attached hydrogen (secondary N) is 2. The van der Waals surface area contributed by atoms with Crippen LogP contribution < -0.4 is 4.72 Å². The first kappa shape index (κ1) is 34.5. The molecule has 252 valence electrons. The number of carbonyl (C=O) groups is 2. The summed E-state index contributed by atoms with van der Waals surface area (Å²) in [6.45, 7) is 0. The molecule has 1 aliphatic heterocycles. The summed E-state index contributed by atoms with van der Waals surface area (Å²) in [6.07, 6.45) is -11.7. The number of hydrogen-bond acceptors (Lipinski definition) is 8. The van der Waals surface area contributed by atoms with E-state index in [0.29, 0.717) is 12.1 Å². The summed E-state index contributed by atoms with van der Waals surface area (Å²) >= 11 is 5.62. The number of alkyl halides is 6. The molecule has 2 atom stereocenters. The minimum Gasteiger partial charge on any atom is -0.344 e. The topological polar surface area (TPSA) is 162 Å². The lowest BCUT2D eigenvalue weighted by Gasteiger charge is -2.33. The lowest BCUT2D eigenvalue weighted by molar-refractivity contribution is -0.227. The number of carbonyl (C=O) groups excluding carboxylic acids is 2. The quantitative estimate of drug-likeness (QED) is 0.119. The van der Waals surface area contributed by atoms with Crippen molar-refractivity contribution in [1.29, 1.82) is 0 Å². The molecule has 47 heavy (non-hydrogen) atoms. The summed E-state index contributed by atoms with van der Waals surface area (Å²) in [5, 5.41) is -1.94. The summed E-state index contributed by atoms with van der Waals surface area (Å²) < 4.78 is 131. The monoisotopic (exact) mass is 726 g/mol. The Morgan fingerprint density at radius 2 is 1.72 bits per heavy atom. The molecule has 3 aromatic carbocycles. The number of nitrogens with zero attached hydrogens (tertiary/aromatic N) is 2. The molecule has 1 aliphatic rings. The van der Waals surface area contributed by atoms with Crippen LogP contribution in [0.3, 0.4) is 0 Å². The van der Waals surface area contributed by atoms with Crippen LogP contribution in [0.2, 0.25) is 5.02 Å². The van der Waals surface area contributed by atoms with Crippen LogP contribution in [-0.2, 0) is 37.0 Å². The third kappa shape index (κ3) is 7.19. The molecule has 0 aliphatic carbocycles. The molecule has 5 rings (SSSR count). The zero-order chi connectivity index (χ0) is 34.5. The second-order valence-electron chi connectivity index (χ2n) is 10.2. The number of hydroxylamine groups is 1. The number of imidazole rings is 1. The molecule has 2 heterocycles. The number of aromatic nitrogens is 2. The number of hydrogen-bond donors (Lipinski definition) is 4. The molecule has 0 saturated carbocycles. The smallest absolute Gasteiger partial charge is 0.344 e. The first-order chi connectivity index (χ1) is 21.8. The van der Waals surface area contributed by atoms with Gasteiger partial charge in [0.05, 0.1) is 32.9 Å². The van der Waals surface area contributed by atoms with Crippen LogP contribution in [0.15, 0.2) is 71.6 Å². The maximum absolute atomic E-state index is 13.9. The fraction of sp³-hybridized carbons (Fsp3) is 0.222. The minimum atomic E-state index is -5.73. The summed E-state index contributed by atoms with van der Waals surface area (Å²) in [5.41, 5.74) is -0.665. The molecule has 1 saturated heterocycles. The van der Waals surface area contributed by atoms with Crippen molar-refractivity contribution in [1.82, 2.24) is 19.2 Å². The van der Waals surface area contributed by atoms with Gasteiger partial charge in [0.25, 0.3) is 10.0 Å². The van der Waals surface area contributed by atoms with E-state index < -0.39 is 78.2 Å². The van der Waals surface area contributed by atoms with Gasteiger partial charge in [-0.3, -0.25) is 18.6 Å². The Labute approximate surface area is 268 Å². The Morgan fingerprint density at radius 3 is 2.30 bits per heavy atom. The van der Waals surface area contributed by atoms with Gasteiger partial charge in [0.15, 0.2) is 0 Å². The van der Waals surface area contributed by atoms with Gasteiger partial charge >= 0.3 is 18.3 Å². The average Bonchev–Trinajstić information content (AvgIpc) is 3.52. The number of amides is 1. The second-order valence-corrected chi connectivity index (χ2v) is 14.3. The van der Waals surface area contributed by atoms with E-state index in [1.165, 1.54) is 36.4 Å². The van der Waals surface area contributed by atoms with Crippen molar-refractivity contribution in [2.45, 2.75) is 41.4 Å². The molecule has 4 aromatic rings. The molecule has 1 fully saturated rings. The van der Waals surface area contributed by atoms with Crippen molar-refractivity contribution in [2.75, 3.05) is 0 Å². The summed E-state index contributed by atoms with van der Waals surface area (Å²) in [5.74, 6) is -3.96. The van der Waals surface area contributed by atoms with E-state index in [1.807, 2.05) is 0 Å². The SMILES string of the molecule is O=C1CC(c2ccc(C[C@@H](c3nc4ccccc4[nH]3)N(OC(=O)C(F)(F)F)S(=O)(=O)c3ccc(Cl)c(C(F)(F)F)c3)cc2)S(O)(O)N1. The Kier molecular flexibility index (Phi) is 9.01. The molecular weight excluding hydrogens is 706 g/mol. The predicted molar refractivity (Wildman–Crippen MR) is 155 cm³/mol. The first-order valence-corrected chi connectivity index (χ1v) is 16.5. The van der Waals surface area contributed by atoms with Crippen molar-refractivity contribution >= 4 is 55.3 Å². The highest BCUT2D eigenvalue weighted by Crippen LogP contribution is 2.56. The van der Waals surface area contributed by atoms with Crippen LogP contribution in [0.4, 0.5) is 26.3 Å². The number of fused-ring (bicyclic) bond motifs is 1. The largest absolute Gasteiger partial charge is 0.492 e. The highest BCUT2D eigenvalue weighted by atomic mass is 35.5. The molecule has 4 N–H and O–H groups in total. The summed E-state index contributed by atoms with van der Waals surface area (Å²) in [4.78, 5) is 34.1. The van der Waals surface area contributed by atoms with Crippen molar-refractivity contribution in [2.24, 2.45) is 0 Å². The van der Waals surface area contributed by atoms with E-state index in [9.17, 15) is 53.5 Å². The summed E-state index contributed by atoms with van der Waals surface area (Å²) in [7, 11) is -9.09. The Hall–Kier alpha value is -3.88. The van der Waals surface area contributed by atoms with Gasteiger partial charge < -0.3 is 9.82 Å². The first-order valence-electron chi connectivity index (χ1n) is 13.1. The van der Waals surface area contributed by atoms with E-state index >= 15 is 0 Å². The molecule has 1 aromatic heterocycles. The van der Waals surface area contributed by atoms with Crippen LogP contribution in [0.5, 0.6) is 0 Å². The van der Waals surface area contributed by atoms with Gasteiger partial charge in [-0.2, -0.15) is 26.3 Å². The van der Waals surface area contributed by atoms with Gasteiger partial charge in [-0.1, -0.05) is 48.0 Å².